The number of hydrogen-bond acceptors (Lipinski definition) is 2. The lowest BCUT2D eigenvalue weighted by Crippen LogP contribution is -2.15. The lowest BCUT2D eigenvalue weighted by atomic mass is 10.1. The van der Waals surface area contributed by atoms with Crippen molar-refractivity contribution in [1.82, 2.24) is 0 Å². The standard InChI is InChI=1S/C12H19NO/c1-9(2)10(3)14-8-11-5-4-6-12(13)7-11/h4-7,9-10H,8,13H2,1-3H3. The fourth-order valence-corrected chi connectivity index (χ4v) is 1.10. The first-order valence-electron chi connectivity index (χ1n) is 5.05. The van der Waals surface area contributed by atoms with Crippen LogP contribution >= 0.6 is 0 Å². The third-order valence-corrected chi connectivity index (χ3v) is 2.40. The van der Waals surface area contributed by atoms with Gasteiger partial charge < -0.3 is 10.5 Å². The van der Waals surface area contributed by atoms with Crippen molar-refractivity contribution in [3.8, 4) is 0 Å². The molecule has 0 aliphatic rings. The van der Waals surface area contributed by atoms with E-state index in [4.69, 9.17) is 10.5 Å². The highest BCUT2D eigenvalue weighted by Crippen LogP contribution is 2.11. The molecule has 0 aromatic heterocycles. The number of nitrogen functional groups attached to an aromatic ring is 1. The van der Waals surface area contributed by atoms with Gasteiger partial charge in [-0.05, 0) is 30.5 Å². The summed E-state index contributed by atoms with van der Waals surface area (Å²) >= 11 is 0. The highest BCUT2D eigenvalue weighted by atomic mass is 16.5. The Morgan fingerprint density at radius 3 is 2.57 bits per heavy atom. The largest absolute Gasteiger partial charge is 0.399 e. The number of nitrogens with two attached hydrogens (primary N) is 1. The number of anilines is 1. The summed E-state index contributed by atoms with van der Waals surface area (Å²) in [5.41, 5.74) is 7.60. The summed E-state index contributed by atoms with van der Waals surface area (Å²) in [6.45, 7) is 7.05. The molecule has 1 aromatic rings. The summed E-state index contributed by atoms with van der Waals surface area (Å²) < 4.78 is 5.69. The molecule has 2 N–H and O–H groups in total. The van der Waals surface area contributed by atoms with Gasteiger partial charge in [-0.2, -0.15) is 0 Å². The molecule has 0 fully saturated rings. The topological polar surface area (TPSA) is 35.2 Å². The van der Waals surface area contributed by atoms with Crippen molar-refractivity contribution < 1.29 is 4.74 Å². The minimum absolute atomic E-state index is 0.288. The summed E-state index contributed by atoms with van der Waals surface area (Å²) in [5.74, 6) is 0.552. The molecular formula is C12H19NO. The zero-order valence-electron chi connectivity index (χ0n) is 9.16. The van der Waals surface area contributed by atoms with E-state index in [9.17, 15) is 0 Å². The van der Waals surface area contributed by atoms with Crippen LogP contribution < -0.4 is 5.73 Å². The molecule has 1 aromatic carbocycles. The van der Waals surface area contributed by atoms with Crippen LogP contribution in [0, 0.1) is 5.92 Å². The highest BCUT2D eigenvalue weighted by Gasteiger charge is 2.06. The molecule has 2 heteroatoms. The first kappa shape index (κ1) is 11.1. The fourth-order valence-electron chi connectivity index (χ4n) is 1.10. The number of ether oxygens (including phenoxy) is 1. The molecule has 1 rings (SSSR count). The molecule has 1 atom stereocenters. The van der Waals surface area contributed by atoms with Crippen molar-refractivity contribution in [2.45, 2.75) is 33.5 Å². The first-order valence-corrected chi connectivity index (χ1v) is 5.05. The van der Waals surface area contributed by atoms with Gasteiger partial charge in [-0.3, -0.25) is 0 Å². The molecule has 0 saturated heterocycles. The zero-order valence-corrected chi connectivity index (χ0v) is 9.16. The van der Waals surface area contributed by atoms with E-state index in [2.05, 4.69) is 20.8 Å². The Morgan fingerprint density at radius 1 is 1.29 bits per heavy atom. The van der Waals surface area contributed by atoms with E-state index in [1.165, 1.54) is 0 Å². The number of rotatable bonds is 4. The van der Waals surface area contributed by atoms with Crippen molar-refractivity contribution in [3.05, 3.63) is 29.8 Å². The van der Waals surface area contributed by atoms with Gasteiger partial charge in [0.1, 0.15) is 0 Å². The SMILES string of the molecule is CC(C)C(C)OCc1cccc(N)c1. The summed E-state index contributed by atoms with van der Waals surface area (Å²) in [7, 11) is 0. The van der Waals surface area contributed by atoms with Gasteiger partial charge in [0, 0.05) is 5.69 Å². The summed E-state index contributed by atoms with van der Waals surface area (Å²) in [4.78, 5) is 0. The van der Waals surface area contributed by atoms with Gasteiger partial charge in [0.25, 0.3) is 0 Å². The molecule has 0 spiro atoms. The Labute approximate surface area is 86.1 Å². The normalized spacial score (nSPS) is 13.1. The van der Waals surface area contributed by atoms with Crippen LogP contribution in [0.2, 0.25) is 0 Å². The average Bonchev–Trinajstić information content (AvgIpc) is 2.14. The maximum atomic E-state index is 5.69. The summed E-state index contributed by atoms with van der Waals surface area (Å²) in [6.07, 6.45) is 0.288. The van der Waals surface area contributed by atoms with E-state index >= 15 is 0 Å². The molecule has 0 heterocycles. The molecule has 0 saturated carbocycles. The van der Waals surface area contributed by atoms with Crippen molar-refractivity contribution in [2.24, 2.45) is 5.92 Å². The zero-order chi connectivity index (χ0) is 10.6. The van der Waals surface area contributed by atoms with Crippen LogP contribution in [0.5, 0.6) is 0 Å². The van der Waals surface area contributed by atoms with Crippen LogP contribution in [0.4, 0.5) is 5.69 Å². The van der Waals surface area contributed by atoms with Gasteiger partial charge in [0.2, 0.25) is 0 Å². The van der Waals surface area contributed by atoms with Gasteiger partial charge >= 0.3 is 0 Å². The second-order valence-electron chi connectivity index (χ2n) is 4.01. The van der Waals surface area contributed by atoms with E-state index < -0.39 is 0 Å². The average molecular weight is 193 g/mol. The van der Waals surface area contributed by atoms with Crippen LogP contribution in [0.15, 0.2) is 24.3 Å². The van der Waals surface area contributed by atoms with Gasteiger partial charge in [0.05, 0.1) is 12.7 Å². The quantitative estimate of drug-likeness (QED) is 0.746. The van der Waals surface area contributed by atoms with Crippen LogP contribution in [-0.2, 0) is 11.3 Å². The third kappa shape index (κ3) is 3.38. The van der Waals surface area contributed by atoms with Crippen molar-refractivity contribution in [1.29, 1.82) is 0 Å². The van der Waals surface area contributed by atoms with Crippen LogP contribution in [0.1, 0.15) is 26.3 Å². The van der Waals surface area contributed by atoms with Gasteiger partial charge in [-0.15, -0.1) is 0 Å². The maximum absolute atomic E-state index is 5.69. The van der Waals surface area contributed by atoms with Gasteiger partial charge in [0.15, 0.2) is 0 Å². The fraction of sp³-hybridized carbons (Fsp3) is 0.500. The van der Waals surface area contributed by atoms with Crippen LogP contribution in [0.25, 0.3) is 0 Å². The molecule has 2 nitrogen and oxygen atoms in total. The number of benzene rings is 1. The van der Waals surface area contributed by atoms with E-state index in [1.807, 2.05) is 24.3 Å². The molecule has 0 aliphatic heterocycles. The van der Waals surface area contributed by atoms with Crippen LogP contribution in [0.3, 0.4) is 0 Å². The van der Waals surface area contributed by atoms with Crippen LogP contribution in [-0.4, -0.2) is 6.10 Å². The molecule has 0 bridgehead atoms. The minimum atomic E-state index is 0.288. The van der Waals surface area contributed by atoms with Crippen molar-refractivity contribution in [3.63, 3.8) is 0 Å². The molecule has 14 heavy (non-hydrogen) atoms. The van der Waals surface area contributed by atoms with E-state index in [0.717, 1.165) is 11.3 Å². The molecule has 0 radical (unpaired) electrons. The lowest BCUT2D eigenvalue weighted by Gasteiger charge is -2.16. The predicted octanol–water partition coefficient (Wildman–Crippen LogP) is 2.83. The Morgan fingerprint density at radius 2 is 2.00 bits per heavy atom. The monoisotopic (exact) mass is 193 g/mol. The molecular weight excluding hydrogens is 174 g/mol. The first-order chi connectivity index (χ1) is 6.59. The maximum Gasteiger partial charge on any atom is 0.0721 e. The van der Waals surface area contributed by atoms with Crippen molar-refractivity contribution in [2.75, 3.05) is 5.73 Å². The summed E-state index contributed by atoms with van der Waals surface area (Å²) in [6, 6.07) is 7.82. The van der Waals surface area contributed by atoms with E-state index in [-0.39, 0.29) is 6.10 Å². The van der Waals surface area contributed by atoms with Crippen molar-refractivity contribution >= 4 is 5.69 Å². The molecule has 0 amide bonds. The number of hydrogen-bond donors (Lipinski definition) is 1. The molecule has 0 aliphatic carbocycles. The minimum Gasteiger partial charge on any atom is -0.399 e. The Kier molecular flexibility index (Phi) is 3.96. The van der Waals surface area contributed by atoms with E-state index in [0.29, 0.717) is 12.5 Å². The van der Waals surface area contributed by atoms with Gasteiger partial charge in [-0.25, -0.2) is 0 Å². The van der Waals surface area contributed by atoms with E-state index in [1.54, 1.807) is 0 Å². The lowest BCUT2D eigenvalue weighted by molar-refractivity contribution is 0.0235. The summed E-state index contributed by atoms with van der Waals surface area (Å²) in [5, 5.41) is 0. The Balaban J connectivity index is 2.45. The molecule has 1 unspecified atom stereocenters. The smallest absolute Gasteiger partial charge is 0.0721 e. The highest BCUT2D eigenvalue weighted by molar-refractivity contribution is 5.40. The second-order valence-corrected chi connectivity index (χ2v) is 4.01. The van der Waals surface area contributed by atoms with Gasteiger partial charge in [-0.1, -0.05) is 26.0 Å². The Bertz CT molecular complexity index is 283. The predicted molar refractivity (Wildman–Crippen MR) is 59.9 cm³/mol. The Hall–Kier alpha value is -1.02. The third-order valence-electron chi connectivity index (χ3n) is 2.40. The second kappa shape index (κ2) is 5.01. The molecule has 78 valence electrons.